The summed E-state index contributed by atoms with van der Waals surface area (Å²) < 4.78 is 5.15. The monoisotopic (exact) mass is 414 g/mol. The predicted octanol–water partition coefficient (Wildman–Crippen LogP) is 4.44. The van der Waals surface area contributed by atoms with Crippen molar-refractivity contribution in [2.45, 2.75) is 0 Å². The van der Waals surface area contributed by atoms with Crippen molar-refractivity contribution in [2.75, 3.05) is 11.9 Å². The highest BCUT2D eigenvalue weighted by Gasteiger charge is 2.17. The maximum Gasteiger partial charge on any atom is 0.340 e. The molecule has 0 spiro atoms. The molecule has 3 rings (SSSR count). The van der Waals surface area contributed by atoms with E-state index in [1.54, 1.807) is 12.1 Å². The lowest BCUT2D eigenvalue weighted by molar-refractivity contribution is -0.384. The Morgan fingerprint density at radius 2 is 1.89 bits per heavy atom. The summed E-state index contributed by atoms with van der Waals surface area (Å²) in [7, 11) is 0. The Balaban J connectivity index is 1.65. The number of nitro groups is 1. The molecule has 28 heavy (non-hydrogen) atoms. The van der Waals surface area contributed by atoms with Crippen LogP contribution in [0.25, 0.3) is 11.6 Å². The van der Waals surface area contributed by atoms with Gasteiger partial charge in [-0.15, -0.1) is 22.7 Å². The first-order valence-electron chi connectivity index (χ1n) is 8.03. The number of ether oxygens (including phenoxy) is 1. The van der Waals surface area contributed by atoms with Gasteiger partial charge in [-0.1, -0.05) is 18.2 Å². The maximum absolute atomic E-state index is 12.5. The molecular formula is C19H14N2O5S2. The molecule has 9 heteroatoms. The largest absolute Gasteiger partial charge is 0.452 e. The topological polar surface area (TPSA) is 98.5 Å². The highest BCUT2D eigenvalue weighted by Crippen LogP contribution is 2.26. The molecule has 3 aromatic rings. The van der Waals surface area contributed by atoms with Gasteiger partial charge in [0, 0.05) is 27.6 Å². The fourth-order valence-corrected chi connectivity index (χ4v) is 3.67. The van der Waals surface area contributed by atoms with E-state index >= 15 is 0 Å². The molecule has 0 saturated heterocycles. The van der Waals surface area contributed by atoms with Gasteiger partial charge in [-0.2, -0.15) is 0 Å². The number of amides is 1. The van der Waals surface area contributed by atoms with Gasteiger partial charge in [-0.3, -0.25) is 14.9 Å². The normalized spacial score (nSPS) is 11.1. The number of nitro benzene ring substituents is 1. The molecule has 0 unspecified atom stereocenters. The van der Waals surface area contributed by atoms with Gasteiger partial charge in [-0.05, 0) is 35.0 Å². The summed E-state index contributed by atoms with van der Waals surface area (Å²) in [4.78, 5) is 36.4. The summed E-state index contributed by atoms with van der Waals surface area (Å²) in [5.41, 5.74) is 0.470. The molecule has 2 heterocycles. The Labute approximate surface area is 168 Å². The van der Waals surface area contributed by atoms with Gasteiger partial charge >= 0.3 is 5.97 Å². The van der Waals surface area contributed by atoms with Crippen LogP contribution in [0.1, 0.15) is 9.75 Å². The lowest BCUT2D eigenvalue weighted by Crippen LogP contribution is -2.21. The average Bonchev–Trinajstić information content (AvgIpc) is 3.38. The Morgan fingerprint density at radius 3 is 2.57 bits per heavy atom. The van der Waals surface area contributed by atoms with E-state index in [1.165, 1.54) is 46.9 Å². The van der Waals surface area contributed by atoms with Crippen LogP contribution in [-0.4, -0.2) is 23.4 Å². The highest BCUT2D eigenvalue weighted by atomic mass is 32.1. The standard InChI is InChI=1S/C19H14N2O5S2/c22-18(20-13-4-1-5-14(10-13)21(24)25)12-26-19(23)16(17-7-3-9-28-17)11-15-6-2-8-27-15/h1-11H,12H2,(H,20,22). The number of carbonyl (C=O) groups is 2. The third kappa shape index (κ3) is 5.12. The van der Waals surface area contributed by atoms with E-state index in [0.717, 1.165) is 9.75 Å². The summed E-state index contributed by atoms with van der Waals surface area (Å²) in [6, 6.07) is 12.9. The molecule has 1 amide bonds. The van der Waals surface area contributed by atoms with Gasteiger partial charge in [0.1, 0.15) is 0 Å². The van der Waals surface area contributed by atoms with Crippen LogP contribution in [0.2, 0.25) is 0 Å². The molecule has 0 fully saturated rings. The quantitative estimate of drug-likeness (QED) is 0.267. The highest BCUT2D eigenvalue weighted by molar-refractivity contribution is 7.12. The van der Waals surface area contributed by atoms with Crippen molar-refractivity contribution in [3.8, 4) is 0 Å². The number of hydrogen-bond acceptors (Lipinski definition) is 7. The fraction of sp³-hybridized carbons (Fsp3) is 0.0526. The number of thiophene rings is 2. The molecule has 0 aliphatic heterocycles. The number of non-ortho nitro benzene ring substituents is 1. The van der Waals surface area contributed by atoms with Gasteiger partial charge in [0.25, 0.3) is 11.6 Å². The van der Waals surface area contributed by atoms with Crippen LogP contribution in [-0.2, 0) is 14.3 Å². The van der Waals surface area contributed by atoms with Gasteiger partial charge in [0.15, 0.2) is 6.61 Å². The number of carbonyl (C=O) groups excluding carboxylic acids is 2. The molecular weight excluding hydrogens is 400 g/mol. The first-order valence-corrected chi connectivity index (χ1v) is 9.79. The summed E-state index contributed by atoms with van der Waals surface area (Å²) in [5.74, 6) is -1.21. The third-order valence-electron chi connectivity index (χ3n) is 3.51. The Morgan fingerprint density at radius 1 is 1.11 bits per heavy atom. The number of esters is 1. The molecule has 0 bridgehead atoms. The van der Waals surface area contributed by atoms with Crippen LogP contribution >= 0.6 is 22.7 Å². The number of benzene rings is 1. The van der Waals surface area contributed by atoms with Gasteiger partial charge in [0.2, 0.25) is 0 Å². The molecule has 0 atom stereocenters. The number of rotatable bonds is 7. The van der Waals surface area contributed by atoms with Crippen LogP contribution in [0, 0.1) is 10.1 Å². The van der Waals surface area contributed by atoms with E-state index < -0.39 is 23.4 Å². The summed E-state index contributed by atoms with van der Waals surface area (Å²) in [5, 5.41) is 17.0. The van der Waals surface area contributed by atoms with Crippen molar-refractivity contribution < 1.29 is 19.2 Å². The zero-order chi connectivity index (χ0) is 19.9. The molecule has 0 radical (unpaired) electrons. The van der Waals surface area contributed by atoms with E-state index in [-0.39, 0.29) is 11.4 Å². The second kappa shape index (κ2) is 9.07. The van der Waals surface area contributed by atoms with Crippen molar-refractivity contribution in [3.63, 3.8) is 0 Å². The summed E-state index contributed by atoms with van der Waals surface area (Å²) in [6.07, 6.45) is 1.72. The van der Waals surface area contributed by atoms with Crippen molar-refractivity contribution in [1.82, 2.24) is 0 Å². The molecule has 142 valence electrons. The first kappa shape index (κ1) is 19.5. The van der Waals surface area contributed by atoms with Crippen LogP contribution in [0.15, 0.2) is 59.3 Å². The zero-order valence-electron chi connectivity index (χ0n) is 14.4. The van der Waals surface area contributed by atoms with Crippen molar-refractivity contribution in [2.24, 2.45) is 0 Å². The van der Waals surface area contributed by atoms with E-state index in [0.29, 0.717) is 5.57 Å². The summed E-state index contributed by atoms with van der Waals surface area (Å²) >= 11 is 2.88. The smallest absolute Gasteiger partial charge is 0.340 e. The second-order valence-corrected chi connectivity index (χ2v) is 7.41. The van der Waals surface area contributed by atoms with Crippen molar-refractivity contribution >= 4 is 57.6 Å². The molecule has 1 aromatic carbocycles. The lowest BCUT2D eigenvalue weighted by atomic mass is 10.2. The third-order valence-corrected chi connectivity index (χ3v) is 5.23. The van der Waals surface area contributed by atoms with Crippen LogP contribution < -0.4 is 5.32 Å². The average molecular weight is 414 g/mol. The molecule has 2 aromatic heterocycles. The molecule has 0 saturated carbocycles. The fourth-order valence-electron chi connectivity index (χ4n) is 2.28. The van der Waals surface area contributed by atoms with Gasteiger partial charge < -0.3 is 10.1 Å². The van der Waals surface area contributed by atoms with Crippen LogP contribution in [0.5, 0.6) is 0 Å². The minimum Gasteiger partial charge on any atom is -0.452 e. The van der Waals surface area contributed by atoms with Gasteiger partial charge in [0.05, 0.1) is 10.5 Å². The van der Waals surface area contributed by atoms with E-state index in [2.05, 4.69) is 5.32 Å². The molecule has 0 aliphatic carbocycles. The number of anilines is 1. The minimum atomic E-state index is -0.620. The predicted molar refractivity (Wildman–Crippen MR) is 109 cm³/mol. The maximum atomic E-state index is 12.5. The lowest BCUT2D eigenvalue weighted by Gasteiger charge is -2.08. The van der Waals surface area contributed by atoms with Crippen molar-refractivity contribution in [3.05, 3.63) is 79.2 Å². The Hall–Kier alpha value is -3.30. The first-order chi connectivity index (χ1) is 13.5. The molecule has 0 aliphatic rings. The number of nitrogens with zero attached hydrogens (tertiary/aromatic N) is 1. The summed E-state index contributed by atoms with van der Waals surface area (Å²) in [6.45, 7) is -0.505. The van der Waals surface area contributed by atoms with E-state index in [9.17, 15) is 19.7 Å². The molecule has 7 nitrogen and oxygen atoms in total. The van der Waals surface area contributed by atoms with Crippen molar-refractivity contribution in [1.29, 1.82) is 0 Å². The zero-order valence-corrected chi connectivity index (χ0v) is 16.0. The second-order valence-electron chi connectivity index (χ2n) is 5.48. The SMILES string of the molecule is O=C(COC(=O)C(=Cc1cccs1)c1cccs1)Nc1cccc([N+](=O)[O-])c1. The van der Waals surface area contributed by atoms with E-state index in [1.807, 2.05) is 29.0 Å². The number of nitrogens with one attached hydrogen (secondary N) is 1. The van der Waals surface area contributed by atoms with E-state index in [4.69, 9.17) is 4.74 Å². The van der Waals surface area contributed by atoms with Crippen LogP contribution in [0.4, 0.5) is 11.4 Å². The van der Waals surface area contributed by atoms with Crippen LogP contribution in [0.3, 0.4) is 0 Å². The number of hydrogen-bond donors (Lipinski definition) is 1. The molecule has 1 N–H and O–H groups in total. The minimum absolute atomic E-state index is 0.145. The Bertz CT molecular complexity index is 1010. The Kier molecular flexibility index (Phi) is 6.30. The van der Waals surface area contributed by atoms with Gasteiger partial charge in [-0.25, -0.2) is 4.79 Å².